The number of rotatable bonds is 7. The van der Waals surface area contributed by atoms with Crippen LogP contribution in [0.3, 0.4) is 0 Å². The molecule has 0 aliphatic heterocycles. The molecule has 1 unspecified atom stereocenters. The number of aryl methyl sites for hydroxylation is 1. The summed E-state index contributed by atoms with van der Waals surface area (Å²) in [5.41, 5.74) is 5.47. The normalized spacial score (nSPS) is 22.2. The van der Waals surface area contributed by atoms with Gasteiger partial charge in [-0.05, 0) is 65.8 Å². The lowest BCUT2D eigenvalue weighted by molar-refractivity contribution is 0.306. The van der Waals surface area contributed by atoms with Crippen LogP contribution < -0.4 is 14.8 Å². The van der Waals surface area contributed by atoms with Crippen LogP contribution in [-0.2, 0) is 13.0 Å². The summed E-state index contributed by atoms with van der Waals surface area (Å²) < 4.78 is 11.3. The molecule has 3 nitrogen and oxygen atoms in total. The van der Waals surface area contributed by atoms with Gasteiger partial charge in [-0.25, -0.2) is 0 Å². The fraction of sp³-hybridized carbons (Fsp3) is 0.308. The number of benzene rings is 3. The van der Waals surface area contributed by atoms with Gasteiger partial charge in [-0.15, -0.1) is 0 Å². The average molecular weight is 386 g/mol. The molecular weight excluding hydrogens is 358 g/mol. The first-order valence-corrected chi connectivity index (χ1v) is 10.5. The van der Waals surface area contributed by atoms with Gasteiger partial charge in [0.1, 0.15) is 18.1 Å². The molecule has 1 saturated carbocycles. The molecule has 0 radical (unpaired) electrons. The molecule has 3 aromatic rings. The van der Waals surface area contributed by atoms with Crippen molar-refractivity contribution in [3.05, 3.63) is 95.1 Å². The van der Waals surface area contributed by atoms with Crippen molar-refractivity contribution in [3.8, 4) is 11.5 Å². The Labute approximate surface area is 172 Å². The van der Waals surface area contributed by atoms with Gasteiger partial charge in [0.15, 0.2) is 0 Å². The van der Waals surface area contributed by atoms with Gasteiger partial charge in [-0.3, -0.25) is 0 Å². The first-order valence-electron chi connectivity index (χ1n) is 10.5. The van der Waals surface area contributed by atoms with Gasteiger partial charge < -0.3 is 14.8 Å². The van der Waals surface area contributed by atoms with E-state index in [1.807, 2.05) is 18.2 Å². The number of nitrogens with one attached hydrogen (secondary N) is 1. The fourth-order valence-corrected chi connectivity index (χ4v) is 4.44. The van der Waals surface area contributed by atoms with Crippen LogP contribution in [-0.4, -0.2) is 13.2 Å². The van der Waals surface area contributed by atoms with Gasteiger partial charge in [0, 0.05) is 18.0 Å². The van der Waals surface area contributed by atoms with Crippen molar-refractivity contribution in [1.29, 1.82) is 0 Å². The standard InChI is InChI=1S/C26H27NO2/c1-28-22-13-9-20-10-14-25(23(20)15-22)27-26-16-24(26)19-7-11-21(12-8-19)29-17-18-5-3-2-4-6-18/h2-9,11-13,15,24-27H,10,14,16-17H2,1H3/t24-,25?,26+/m1/s1. The van der Waals surface area contributed by atoms with Crippen LogP contribution in [0.1, 0.15) is 47.1 Å². The summed E-state index contributed by atoms with van der Waals surface area (Å²) in [6.45, 7) is 0.609. The third-order valence-corrected chi connectivity index (χ3v) is 6.19. The summed E-state index contributed by atoms with van der Waals surface area (Å²) in [6, 6.07) is 26.4. The molecule has 3 heteroatoms. The smallest absolute Gasteiger partial charge is 0.119 e. The summed E-state index contributed by atoms with van der Waals surface area (Å²) >= 11 is 0. The van der Waals surface area contributed by atoms with Gasteiger partial charge in [0.2, 0.25) is 0 Å². The summed E-state index contributed by atoms with van der Waals surface area (Å²) in [5.74, 6) is 2.49. The zero-order valence-electron chi connectivity index (χ0n) is 16.8. The molecule has 0 saturated heterocycles. The van der Waals surface area contributed by atoms with Gasteiger partial charge in [0.25, 0.3) is 0 Å². The minimum atomic E-state index is 0.448. The lowest BCUT2D eigenvalue weighted by Gasteiger charge is -2.15. The number of fused-ring (bicyclic) bond motifs is 1. The van der Waals surface area contributed by atoms with E-state index in [2.05, 4.69) is 59.9 Å². The van der Waals surface area contributed by atoms with Crippen molar-refractivity contribution < 1.29 is 9.47 Å². The Bertz CT molecular complexity index is 968. The van der Waals surface area contributed by atoms with Crippen molar-refractivity contribution in [2.24, 2.45) is 0 Å². The second kappa shape index (κ2) is 7.92. The second-order valence-electron chi connectivity index (χ2n) is 8.11. The van der Waals surface area contributed by atoms with Crippen molar-refractivity contribution in [3.63, 3.8) is 0 Å². The van der Waals surface area contributed by atoms with Crippen LogP contribution in [0.25, 0.3) is 0 Å². The molecule has 1 N–H and O–H groups in total. The van der Waals surface area contributed by atoms with Crippen LogP contribution in [0.2, 0.25) is 0 Å². The monoisotopic (exact) mass is 385 g/mol. The Morgan fingerprint density at radius 2 is 1.72 bits per heavy atom. The maximum Gasteiger partial charge on any atom is 0.119 e. The third kappa shape index (κ3) is 4.01. The molecule has 2 aliphatic rings. The van der Waals surface area contributed by atoms with Crippen molar-refractivity contribution in [2.75, 3.05) is 7.11 Å². The molecule has 0 spiro atoms. The van der Waals surface area contributed by atoms with E-state index >= 15 is 0 Å². The molecule has 29 heavy (non-hydrogen) atoms. The SMILES string of the molecule is COc1ccc2c(c1)C(N[C@H]1C[C@@H]1c1ccc(OCc3ccccc3)cc1)CC2. The minimum Gasteiger partial charge on any atom is -0.497 e. The summed E-state index contributed by atoms with van der Waals surface area (Å²) in [5, 5.41) is 3.88. The molecule has 0 bridgehead atoms. The Morgan fingerprint density at radius 3 is 2.52 bits per heavy atom. The highest BCUT2D eigenvalue weighted by Crippen LogP contribution is 2.44. The second-order valence-corrected chi connectivity index (χ2v) is 8.11. The quantitative estimate of drug-likeness (QED) is 0.590. The number of hydrogen-bond acceptors (Lipinski definition) is 3. The highest BCUT2D eigenvalue weighted by atomic mass is 16.5. The molecule has 0 amide bonds. The van der Waals surface area contributed by atoms with E-state index in [0.29, 0.717) is 24.6 Å². The Hall–Kier alpha value is -2.78. The van der Waals surface area contributed by atoms with Gasteiger partial charge in [0.05, 0.1) is 7.11 Å². The first kappa shape index (κ1) is 18.3. The molecule has 148 valence electrons. The predicted octanol–water partition coefficient (Wildman–Crippen LogP) is 5.41. The molecule has 1 fully saturated rings. The molecule has 0 heterocycles. The van der Waals surface area contributed by atoms with E-state index in [-0.39, 0.29) is 0 Å². The van der Waals surface area contributed by atoms with Crippen LogP contribution in [0, 0.1) is 0 Å². The van der Waals surface area contributed by atoms with E-state index in [1.165, 1.54) is 35.1 Å². The largest absolute Gasteiger partial charge is 0.497 e. The van der Waals surface area contributed by atoms with Crippen molar-refractivity contribution in [2.45, 2.75) is 43.9 Å². The number of hydrogen-bond donors (Lipinski definition) is 1. The van der Waals surface area contributed by atoms with E-state index in [1.54, 1.807) is 7.11 Å². The number of ether oxygens (including phenoxy) is 2. The number of methoxy groups -OCH3 is 1. The molecular formula is C26H27NO2. The van der Waals surface area contributed by atoms with E-state index in [0.717, 1.165) is 17.9 Å². The van der Waals surface area contributed by atoms with Gasteiger partial charge in [-0.1, -0.05) is 48.5 Å². The van der Waals surface area contributed by atoms with Crippen LogP contribution >= 0.6 is 0 Å². The fourth-order valence-electron chi connectivity index (χ4n) is 4.44. The Balaban J connectivity index is 1.17. The summed E-state index contributed by atoms with van der Waals surface area (Å²) in [6.07, 6.45) is 3.54. The molecule has 3 aromatic carbocycles. The third-order valence-electron chi connectivity index (χ3n) is 6.19. The zero-order chi connectivity index (χ0) is 19.6. The maximum absolute atomic E-state index is 5.92. The molecule has 0 aromatic heterocycles. The maximum atomic E-state index is 5.92. The highest BCUT2D eigenvalue weighted by molar-refractivity contribution is 5.41. The van der Waals surface area contributed by atoms with Crippen LogP contribution in [0.4, 0.5) is 0 Å². The van der Waals surface area contributed by atoms with Crippen molar-refractivity contribution in [1.82, 2.24) is 5.32 Å². The molecule has 3 atom stereocenters. The average Bonchev–Trinajstić information content (AvgIpc) is 3.44. The zero-order valence-corrected chi connectivity index (χ0v) is 16.8. The summed E-state index contributed by atoms with van der Waals surface area (Å²) in [7, 11) is 1.74. The van der Waals surface area contributed by atoms with Crippen LogP contribution in [0.5, 0.6) is 11.5 Å². The van der Waals surface area contributed by atoms with Gasteiger partial charge >= 0.3 is 0 Å². The van der Waals surface area contributed by atoms with Crippen LogP contribution in [0.15, 0.2) is 72.8 Å². The molecule has 2 aliphatic carbocycles. The molecule has 5 rings (SSSR count). The van der Waals surface area contributed by atoms with E-state index in [9.17, 15) is 0 Å². The Kier molecular flexibility index (Phi) is 4.99. The van der Waals surface area contributed by atoms with Gasteiger partial charge in [-0.2, -0.15) is 0 Å². The lowest BCUT2D eigenvalue weighted by Crippen LogP contribution is -2.22. The van der Waals surface area contributed by atoms with E-state index in [4.69, 9.17) is 9.47 Å². The highest BCUT2D eigenvalue weighted by Gasteiger charge is 2.40. The topological polar surface area (TPSA) is 30.5 Å². The minimum absolute atomic E-state index is 0.448. The Morgan fingerprint density at radius 1 is 0.931 bits per heavy atom. The lowest BCUT2D eigenvalue weighted by atomic mass is 10.1. The predicted molar refractivity (Wildman–Crippen MR) is 116 cm³/mol. The van der Waals surface area contributed by atoms with E-state index < -0.39 is 0 Å². The van der Waals surface area contributed by atoms with Crippen molar-refractivity contribution >= 4 is 0 Å². The summed E-state index contributed by atoms with van der Waals surface area (Å²) in [4.78, 5) is 0. The first-order chi connectivity index (χ1) is 14.3.